The first-order valence-corrected chi connectivity index (χ1v) is 8.70. The second-order valence-corrected chi connectivity index (χ2v) is 7.06. The number of hydrogen-bond donors (Lipinski definition) is 2. The third-order valence-corrected chi connectivity index (χ3v) is 4.64. The van der Waals surface area contributed by atoms with Gasteiger partial charge in [-0.1, -0.05) is 13.8 Å². The minimum absolute atomic E-state index is 0.0307. The summed E-state index contributed by atoms with van der Waals surface area (Å²) in [6, 6.07) is -0.696. The molecule has 0 aliphatic carbocycles. The number of likely N-dealkylation sites (N-methyl/N-ethyl adjacent to an activating group) is 1. The molecule has 1 saturated heterocycles. The van der Waals surface area contributed by atoms with Crippen molar-refractivity contribution < 1.29 is 19.5 Å². The molecule has 0 aromatic carbocycles. The number of nitrogens with zero attached hydrogens (tertiary/aromatic N) is 2. The third-order valence-electron chi connectivity index (χ3n) is 4.64. The van der Waals surface area contributed by atoms with Crippen molar-refractivity contribution in [3.05, 3.63) is 0 Å². The van der Waals surface area contributed by atoms with Crippen LogP contribution in [0.4, 0.5) is 0 Å². The Morgan fingerprint density at radius 1 is 1.21 bits per heavy atom. The average Bonchev–Trinajstić information content (AvgIpc) is 2.53. The summed E-state index contributed by atoms with van der Waals surface area (Å²) in [5.41, 5.74) is 0. The number of nitrogens with one attached hydrogen (secondary N) is 1. The molecule has 1 fully saturated rings. The number of hydrogen-bond acceptors (Lipinski definition) is 4. The van der Waals surface area contributed by atoms with Crippen molar-refractivity contribution >= 4 is 17.8 Å². The molecule has 1 unspecified atom stereocenters. The van der Waals surface area contributed by atoms with Crippen LogP contribution in [-0.4, -0.2) is 72.0 Å². The number of aliphatic carboxylic acids is 1. The van der Waals surface area contributed by atoms with E-state index >= 15 is 0 Å². The molecule has 24 heavy (non-hydrogen) atoms. The number of rotatable bonds is 8. The Hall–Kier alpha value is -1.63. The fourth-order valence-corrected chi connectivity index (χ4v) is 2.66. The summed E-state index contributed by atoms with van der Waals surface area (Å²) < 4.78 is 0. The maximum absolute atomic E-state index is 12.2. The average molecular weight is 341 g/mol. The van der Waals surface area contributed by atoms with Gasteiger partial charge in [-0.2, -0.15) is 0 Å². The highest BCUT2D eigenvalue weighted by Gasteiger charge is 2.28. The van der Waals surface area contributed by atoms with Gasteiger partial charge in [0, 0.05) is 25.6 Å². The minimum atomic E-state index is -0.943. The fraction of sp³-hybridized carbons (Fsp3) is 0.824. The van der Waals surface area contributed by atoms with Gasteiger partial charge in [0.1, 0.15) is 6.04 Å². The largest absolute Gasteiger partial charge is 0.480 e. The lowest BCUT2D eigenvalue weighted by Gasteiger charge is -2.33. The van der Waals surface area contributed by atoms with Crippen LogP contribution in [0.3, 0.4) is 0 Å². The first kappa shape index (κ1) is 20.4. The molecule has 1 rings (SSSR count). The van der Waals surface area contributed by atoms with Crippen molar-refractivity contribution in [1.29, 1.82) is 0 Å². The number of amides is 2. The Bertz CT molecular complexity index is 445. The van der Waals surface area contributed by atoms with E-state index in [0.29, 0.717) is 38.4 Å². The Balaban J connectivity index is 2.35. The van der Waals surface area contributed by atoms with Gasteiger partial charge in [-0.15, -0.1) is 0 Å². The summed E-state index contributed by atoms with van der Waals surface area (Å²) in [7, 11) is 1.63. The van der Waals surface area contributed by atoms with Crippen molar-refractivity contribution in [2.24, 2.45) is 11.8 Å². The predicted molar refractivity (Wildman–Crippen MR) is 91.5 cm³/mol. The first-order chi connectivity index (χ1) is 11.2. The van der Waals surface area contributed by atoms with Crippen molar-refractivity contribution in [2.75, 3.05) is 33.2 Å². The van der Waals surface area contributed by atoms with Gasteiger partial charge >= 0.3 is 5.97 Å². The van der Waals surface area contributed by atoms with Gasteiger partial charge in [-0.3, -0.25) is 19.3 Å². The van der Waals surface area contributed by atoms with Crippen LogP contribution in [0.25, 0.3) is 0 Å². The Kier molecular flexibility index (Phi) is 8.18. The second kappa shape index (κ2) is 9.61. The number of carbonyl (C=O) groups is 3. The topological polar surface area (TPSA) is 90.0 Å². The van der Waals surface area contributed by atoms with E-state index in [4.69, 9.17) is 5.11 Å². The van der Waals surface area contributed by atoms with Crippen LogP contribution in [0, 0.1) is 11.8 Å². The highest BCUT2D eigenvalue weighted by molar-refractivity contribution is 5.81. The standard InChI is InChI=1S/C17H31N3O4/c1-12(2)5-8-18-16(22)14-6-9-20(10-7-14)15(21)11-19(4)13(3)17(23)24/h12-14H,5-11H2,1-4H3,(H,18,22)(H,23,24). The van der Waals surface area contributed by atoms with Gasteiger partial charge < -0.3 is 15.3 Å². The van der Waals surface area contributed by atoms with Crippen LogP contribution >= 0.6 is 0 Å². The van der Waals surface area contributed by atoms with Gasteiger partial charge in [-0.05, 0) is 39.2 Å². The van der Waals surface area contributed by atoms with Crippen LogP contribution in [0.5, 0.6) is 0 Å². The van der Waals surface area contributed by atoms with Crippen molar-refractivity contribution in [3.63, 3.8) is 0 Å². The maximum Gasteiger partial charge on any atom is 0.320 e. The van der Waals surface area contributed by atoms with E-state index in [1.165, 1.54) is 4.90 Å². The van der Waals surface area contributed by atoms with Crippen LogP contribution < -0.4 is 5.32 Å². The molecule has 2 amide bonds. The van der Waals surface area contributed by atoms with Gasteiger partial charge in [0.2, 0.25) is 11.8 Å². The van der Waals surface area contributed by atoms with E-state index in [0.717, 1.165) is 6.42 Å². The number of carboxylic acid groups (broad SMARTS) is 1. The smallest absolute Gasteiger partial charge is 0.320 e. The van der Waals surface area contributed by atoms with E-state index in [1.54, 1.807) is 18.9 Å². The van der Waals surface area contributed by atoms with E-state index in [-0.39, 0.29) is 24.3 Å². The summed E-state index contributed by atoms with van der Waals surface area (Å²) >= 11 is 0. The molecule has 0 aromatic heterocycles. The summed E-state index contributed by atoms with van der Waals surface area (Å²) in [6.07, 6.45) is 2.30. The summed E-state index contributed by atoms with van der Waals surface area (Å²) in [5.74, 6) is -0.405. The minimum Gasteiger partial charge on any atom is -0.480 e. The molecular weight excluding hydrogens is 310 g/mol. The maximum atomic E-state index is 12.2. The van der Waals surface area contributed by atoms with Crippen molar-refractivity contribution in [2.45, 2.75) is 46.1 Å². The lowest BCUT2D eigenvalue weighted by molar-refractivity contribution is -0.144. The molecule has 0 aromatic rings. The van der Waals surface area contributed by atoms with Crippen molar-refractivity contribution in [3.8, 4) is 0 Å². The van der Waals surface area contributed by atoms with Crippen LogP contribution in [0.1, 0.15) is 40.0 Å². The molecule has 0 bridgehead atoms. The van der Waals surface area contributed by atoms with Crippen LogP contribution in [0.15, 0.2) is 0 Å². The number of likely N-dealkylation sites (tertiary alicyclic amines) is 1. The fourth-order valence-electron chi connectivity index (χ4n) is 2.66. The SMILES string of the molecule is CC(C)CCNC(=O)C1CCN(C(=O)CN(C)C(C)C(=O)O)CC1. The van der Waals surface area contributed by atoms with E-state index in [1.807, 2.05) is 0 Å². The zero-order valence-corrected chi connectivity index (χ0v) is 15.2. The van der Waals surface area contributed by atoms with Crippen LogP contribution in [-0.2, 0) is 14.4 Å². The summed E-state index contributed by atoms with van der Waals surface area (Å²) in [4.78, 5) is 38.5. The summed E-state index contributed by atoms with van der Waals surface area (Å²) in [6.45, 7) is 7.69. The molecular formula is C17H31N3O4. The lowest BCUT2D eigenvalue weighted by Crippen LogP contribution is -2.48. The normalized spacial score (nSPS) is 17.2. The van der Waals surface area contributed by atoms with E-state index < -0.39 is 12.0 Å². The Morgan fingerprint density at radius 3 is 2.29 bits per heavy atom. The van der Waals surface area contributed by atoms with Gasteiger partial charge in [-0.25, -0.2) is 0 Å². The molecule has 1 atom stereocenters. The highest BCUT2D eigenvalue weighted by atomic mass is 16.4. The number of carbonyl (C=O) groups excluding carboxylic acids is 2. The molecule has 1 aliphatic rings. The summed E-state index contributed by atoms with van der Waals surface area (Å²) in [5, 5.41) is 11.9. The monoisotopic (exact) mass is 341 g/mol. The molecule has 138 valence electrons. The predicted octanol–water partition coefficient (Wildman–Crippen LogP) is 0.792. The quantitative estimate of drug-likeness (QED) is 0.681. The Labute approximate surface area is 144 Å². The Morgan fingerprint density at radius 2 is 1.79 bits per heavy atom. The zero-order valence-electron chi connectivity index (χ0n) is 15.2. The molecule has 0 saturated carbocycles. The third kappa shape index (κ3) is 6.47. The molecule has 7 nitrogen and oxygen atoms in total. The van der Waals surface area contributed by atoms with Crippen LogP contribution in [0.2, 0.25) is 0 Å². The number of piperidine rings is 1. The van der Waals surface area contributed by atoms with Crippen molar-refractivity contribution in [1.82, 2.24) is 15.1 Å². The molecule has 1 aliphatic heterocycles. The number of carboxylic acids is 1. The van der Waals surface area contributed by atoms with Gasteiger partial charge in [0.15, 0.2) is 0 Å². The van der Waals surface area contributed by atoms with Gasteiger partial charge in [0.05, 0.1) is 6.54 Å². The zero-order chi connectivity index (χ0) is 18.3. The molecule has 2 N–H and O–H groups in total. The lowest BCUT2D eigenvalue weighted by atomic mass is 9.95. The molecule has 0 spiro atoms. The molecule has 1 heterocycles. The van der Waals surface area contributed by atoms with E-state index in [2.05, 4.69) is 19.2 Å². The molecule has 0 radical (unpaired) electrons. The first-order valence-electron chi connectivity index (χ1n) is 8.70. The van der Waals surface area contributed by atoms with Gasteiger partial charge in [0.25, 0.3) is 0 Å². The second-order valence-electron chi connectivity index (χ2n) is 7.06. The van der Waals surface area contributed by atoms with E-state index in [9.17, 15) is 14.4 Å². The highest BCUT2D eigenvalue weighted by Crippen LogP contribution is 2.18. The molecule has 7 heteroatoms.